The Morgan fingerprint density at radius 3 is 2.47 bits per heavy atom. The largest absolute Gasteiger partial charge is 0.391 e. The minimum absolute atomic E-state index is 0.216. The Morgan fingerprint density at radius 2 is 1.93 bits per heavy atom. The highest BCUT2D eigenvalue weighted by molar-refractivity contribution is 5.22. The van der Waals surface area contributed by atoms with Crippen LogP contribution in [0.1, 0.15) is 24.4 Å². The van der Waals surface area contributed by atoms with Crippen molar-refractivity contribution in [2.45, 2.75) is 25.0 Å². The Hall–Kier alpha value is -1.00. The maximum Gasteiger partial charge on any atom is 0.159 e. The van der Waals surface area contributed by atoms with Crippen LogP contribution in [0.25, 0.3) is 0 Å². The second kappa shape index (κ2) is 3.87. The van der Waals surface area contributed by atoms with Gasteiger partial charge < -0.3 is 10.8 Å². The molecule has 0 bridgehead atoms. The normalized spacial score (nSPS) is 20.0. The Balaban J connectivity index is 2.17. The Morgan fingerprint density at radius 1 is 1.27 bits per heavy atom. The molecule has 1 saturated carbocycles. The van der Waals surface area contributed by atoms with E-state index in [0.29, 0.717) is 5.56 Å². The van der Waals surface area contributed by atoms with Gasteiger partial charge in [0.1, 0.15) is 0 Å². The van der Waals surface area contributed by atoms with Crippen LogP contribution in [-0.2, 0) is 0 Å². The third-order valence-corrected chi connectivity index (χ3v) is 2.80. The van der Waals surface area contributed by atoms with Crippen LogP contribution in [0.2, 0.25) is 0 Å². The highest BCUT2D eigenvalue weighted by Crippen LogP contribution is 2.37. The van der Waals surface area contributed by atoms with Gasteiger partial charge in [-0.15, -0.1) is 0 Å². The van der Waals surface area contributed by atoms with Crippen molar-refractivity contribution in [2.75, 3.05) is 0 Å². The summed E-state index contributed by atoms with van der Waals surface area (Å²) < 4.78 is 25.6. The molecule has 1 aliphatic carbocycles. The number of nitrogens with two attached hydrogens (primary N) is 1. The predicted molar refractivity (Wildman–Crippen MR) is 52.0 cm³/mol. The number of rotatable bonds is 3. The van der Waals surface area contributed by atoms with E-state index in [1.165, 1.54) is 6.07 Å². The van der Waals surface area contributed by atoms with Crippen molar-refractivity contribution in [3.05, 3.63) is 35.4 Å². The molecule has 15 heavy (non-hydrogen) atoms. The fraction of sp³-hybridized carbons (Fsp3) is 0.455. The van der Waals surface area contributed by atoms with Crippen molar-refractivity contribution in [2.24, 2.45) is 11.7 Å². The predicted octanol–water partition coefficient (Wildman–Crippen LogP) is 1.74. The Labute approximate surface area is 86.7 Å². The number of benzene rings is 1. The third kappa shape index (κ3) is 2.16. The van der Waals surface area contributed by atoms with E-state index in [2.05, 4.69) is 0 Å². The van der Waals surface area contributed by atoms with Gasteiger partial charge in [-0.25, -0.2) is 8.78 Å². The molecule has 3 N–H and O–H groups in total. The zero-order valence-electron chi connectivity index (χ0n) is 8.16. The molecule has 0 aromatic heterocycles. The van der Waals surface area contributed by atoms with Gasteiger partial charge in [0.15, 0.2) is 11.6 Å². The number of hydrogen-bond donors (Lipinski definition) is 2. The lowest BCUT2D eigenvalue weighted by atomic mass is 9.99. The van der Waals surface area contributed by atoms with Gasteiger partial charge in [0.05, 0.1) is 12.1 Å². The summed E-state index contributed by atoms with van der Waals surface area (Å²) in [6, 6.07) is 2.86. The van der Waals surface area contributed by atoms with Crippen molar-refractivity contribution >= 4 is 0 Å². The summed E-state index contributed by atoms with van der Waals surface area (Å²) in [4.78, 5) is 0. The monoisotopic (exact) mass is 213 g/mol. The summed E-state index contributed by atoms with van der Waals surface area (Å²) in [5, 5.41) is 9.73. The molecule has 1 aromatic carbocycles. The molecule has 1 aromatic rings. The van der Waals surface area contributed by atoms with Gasteiger partial charge >= 0.3 is 0 Å². The van der Waals surface area contributed by atoms with E-state index in [0.717, 1.165) is 25.0 Å². The maximum absolute atomic E-state index is 12.9. The highest BCUT2D eigenvalue weighted by atomic mass is 19.2. The molecule has 0 amide bonds. The molecule has 0 aliphatic heterocycles. The lowest BCUT2D eigenvalue weighted by Crippen LogP contribution is -2.28. The molecule has 1 fully saturated rings. The van der Waals surface area contributed by atoms with Gasteiger partial charge in [0, 0.05) is 0 Å². The molecule has 0 radical (unpaired) electrons. The van der Waals surface area contributed by atoms with Crippen molar-refractivity contribution in [3.63, 3.8) is 0 Å². The molecule has 2 unspecified atom stereocenters. The summed E-state index contributed by atoms with van der Waals surface area (Å²) in [6.45, 7) is 0. The fourth-order valence-corrected chi connectivity index (χ4v) is 1.65. The van der Waals surface area contributed by atoms with E-state index in [4.69, 9.17) is 5.73 Å². The molecule has 2 nitrogen and oxygen atoms in total. The van der Waals surface area contributed by atoms with Crippen LogP contribution in [0.15, 0.2) is 18.2 Å². The van der Waals surface area contributed by atoms with E-state index < -0.39 is 23.8 Å². The molecule has 1 aliphatic rings. The molecule has 0 saturated heterocycles. The topological polar surface area (TPSA) is 46.2 Å². The van der Waals surface area contributed by atoms with Gasteiger partial charge in [-0.3, -0.25) is 0 Å². The zero-order valence-corrected chi connectivity index (χ0v) is 8.16. The minimum atomic E-state index is -0.925. The molecule has 4 heteroatoms. The van der Waals surface area contributed by atoms with Crippen LogP contribution in [0.5, 0.6) is 0 Å². The summed E-state index contributed by atoms with van der Waals surface area (Å²) in [5.74, 6) is -1.61. The first-order valence-corrected chi connectivity index (χ1v) is 4.98. The second-order valence-corrected chi connectivity index (χ2v) is 4.03. The average Bonchev–Trinajstić information content (AvgIpc) is 3.03. The molecular weight excluding hydrogens is 200 g/mol. The fourth-order valence-electron chi connectivity index (χ4n) is 1.65. The quantitative estimate of drug-likeness (QED) is 0.803. The van der Waals surface area contributed by atoms with Crippen LogP contribution in [-0.4, -0.2) is 11.2 Å². The first kappa shape index (κ1) is 10.5. The van der Waals surface area contributed by atoms with E-state index >= 15 is 0 Å². The second-order valence-electron chi connectivity index (χ2n) is 4.03. The summed E-state index contributed by atoms with van der Waals surface area (Å²) in [7, 11) is 0. The maximum atomic E-state index is 12.9. The number of aliphatic hydroxyl groups excluding tert-OH is 1. The highest BCUT2D eigenvalue weighted by Gasteiger charge is 2.34. The summed E-state index contributed by atoms with van der Waals surface area (Å²) in [5.41, 5.74) is 6.20. The summed E-state index contributed by atoms with van der Waals surface area (Å²) >= 11 is 0. The molecule has 0 heterocycles. The van der Waals surface area contributed by atoms with E-state index in [-0.39, 0.29) is 5.92 Å². The minimum Gasteiger partial charge on any atom is -0.391 e. The van der Waals surface area contributed by atoms with Gasteiger partial charge in [0.25, 0.3) is 0 Å². The average molecular weight is 213 g/mol. The van der Waals surface area contributed by atoms with Gasteiger partial charge in [-0.1, -0.05) is 6.07 Å². The number of halogens is 2. The lowest BCUT2D eigenvalue weighted by Gasteiger charge is -2.18. The standard InChI is InChI=1S/C11H13F2NO/c12-8-4-3-7(5-9(8)13)10(14)11(15)6-1-2-6/h3-6,10-11,15H,1-2,14H2. The van der Waals surface area contributed by atoms with Gasteiger partial charge in [-0.2, -0.15) is 0 Å². The molecule has 2 rings (SSSR count). The van der Waals surface area contributed by atoms with Gasteiger partial charge in [-0.05, 0) is 36.5 Å². The lowest BCUT2D eigenvalue weighted by molar-refractivity contribution is 0.122. The smallest absolute Gasteiger partial charge is 0.159 e. The van der Waals surface area contributed by atoms with Crippen molar-refractivity contribution in [3.8, 4) is 0 Å². The van der Waals surface area contributed by atoms with Crippen LogP contribution in [0, 0.1) is 17.6 Å². The molecule has 82 valence electrons. The molecule has 2 atom stereocenters. The molecule has 0 spiro atoms. The van der Waals surface area contributed by atoms with E-state index in [1.807, 2.05) is 0 Å². The van der Waals surface area contributed by atoms with Crippen LogP contribution < -0.4 is 5.73 Å². The Bertz CT molecular complexity index is 366. The van der Waals surface area contributed by atoms with Crippen LogP contribution in [0.3, 0.4) is 0 Å². The molecular formula is C11H13F2NO. The van der Waals surface area contributed by atoms with Gasteiger partial charge in [0.2, 0.25) is 0 Å². The Kier molecular flexibility index (Phi) is 2.71. The third-order valence-electron chi connectivity index (χ3n) is 2.80. The SMILES string of the molecule is NC(c1ccc(F)c(F)c1)C(O)C1CC1. The number of aliphatic hydroxyl groups is 1. The first-order chi connectivity index (χ1) is 7.09. The van der Waals surface area contributed by atoms with Crippen LogP contribution >= 0.6 is 0 Å². The zero-order chi connectivity index (χ0) is 11.0. The van der Waals surface area contributed by atoms with E-state index in [9.17, 15) is 13.9 Å². The van der Waals surface area contributed by atoms with Crippen molar-refractivity contribution in [1.29, 1.82) is 0 Å². The van der Waals surface area contributed by atoms with Crippen LogP contribution in [0.4, 0.5) is 8.78 Å². The van der Waals surface area contributed by atoms with Crippen molar-refractivity contribution in [1.82, 2.24) is 0 Å². The number of hydrogen-bond acceptors (Lipinski definition) is 2. The van der Waals surface area contributed by atoms with E-state index in [1.54, 1.807) is 0 Å². The first-order valence-electron chi connectivity index (χ1n) is 4.98. The summed E-state index contributed by atoms with van der Waals surface area (Å²) in [6.07, 6.45) is 1.26. The van der Waals surface area contributed by atoms with Crippen molar-refractivity contribution < 1.29 is 13.9 Å².